The molecule has 0 aliphatic rings. The van der Waals surface area contributed by atoms with Crippen molar-refractivity contribution in [3.63, 3.8) is 0 Å². The Hall–Kier alpha value is -2.04. The Labute approximate surface area is 88.2 Å². The predicted octanol–water partition coefficient (Wildman–Crippen LogP) is -0.214. The molecule has 1 aromatic carbocycles. The molecule has 0 fully saturated rings. The summed E-state index contributed by atoms with van der Waals surface area (Å²) in [4.78, 5) is 11.3. The zero-order valence-corrected chi connectivity index (χ0v) is 8.29. The van der Waals surface area contributed by atoms with E-state index < -0.39 is 0 Å². The molecule has 1 aromatic rings. The zero-order valence-electron chi connectivity index (χ0n) is 8.29. The van der Waals surface area contributed by atoms with Gasteiger partial charge in [0.1, 0.15) is 0 Å². The van der Waals surface area contributed by atoms with Crippen LogP contribution in [-0.2, 0) is 11.2 Å². The summed E-state index contributed by atoms with van der Waals surface area (Å²) in [5.41, 5.74) is 6.01. The molecule has 0 spiro atoms. The van der Waals surface area contributed by atoms with Crippen molar-refractivity contribution in [2.75, 3.05) is 6.67 Å². The quantitative estimate of drug-likeness (QED) is 0.312. The van der Waals surface area contributed by atoms with Gasteiger partial charge in [-0.2, -0.15) is 0 Å². The van der Waals surface area contributed by atoms with E-state index in [1.165, 1.54) is 0 Å². The molecule has 5 nitrogen and oxygen atoms in total. The molecule has 0 saturated heterocycles. The van der Waals surface area contributed by atoms with Crippen molar-refractivity contribution in [2.24, 2.45) is 5.73 Å². The first-order valence-corrected chi connectivity index (χ1v) is 4.57. The van der Waals surface area contributed by atoms with Gasteiger partial charge in [0.15, 0.2) is 5.96 Å². The number of benzene rings is 1. The van der Waals surface area contributed by atoms with Gasteiger partial charge in [-0.05, 0) is 5.56 Å². The summed E-state index contributed by atoms with van der Waals surface area (Å²) in [5, 5.41) is 12.0. The highest BCUT2D eigenvalue weighted by atomic mass is 16.1. The van der Waals surface area contributed by atoms with Gasteiger partial charge in [-0.15, -0.1) is 0 Å². The number of rotatable bonds is 4. The van der Waals surface area contributed by atoms with E-state index in [2.05, 4.69) is 10.6 Å². The normalized spacial score (nSPS) is 9.33. The van der Waals surface area contributed by atoms with E-state index in [0.29, 0.717) is 6.42 Å². The number of hydrogen-bond acceptors (Lipinski definition) is 2. The van der Waals surface area contributed by atoms with E-state index in [0.717, 1.165) is 5.56 Å². The lowest BCUT2D eigenvalue weighted by molar-refractivity contribution is -0.120. The summed E-state index contributed by atoms with van der Waals surface area (Å²) in [6.07, 6.45) is 0.334. The molecule has 0 unspecified atom stereocenters. The molecule has 0 radical (unpaired) electrons. The number of nitrogens with one attached hydrogen (secondary N) is 3. The monoisotopic (exact) mass is 206 g/mol. The molecule has 0 bridgehead atoms. The third-order valence-electron chi connectivity index (χ3n) is 1.77. The summed E-state index contributed by atoms with van der Waals surface area (Å²) < 4.78 is 0. The fraction of sp³-hybridized carbons (Fsp3) is 0.200. The van der Waals surface area contributed by atoms with Crippen LogP contribution < -0.4 is 16.4 Å². The number of nitrogens with two attached hydrogens (primary N) is 1. The molecule has 0 atom stereocenters. The molecule has 5 heteroatoms. The first-order valence-electron chi connectivity index (χ1n) is 4.57. The van der Waals surface area contributed by atoms with Crippen LogP contribution in [0.1, 0.15) is 5.56 Å². The topological polar surface area (TPSA) is 91.0 Å². The lowest BCUT2D eigenvalue weighted by atomic mass is 10.1. The van der Waals surface area contributed by atoms with Gasteiger partial charge in [0.25, 0.3) is 0 Å². The van der Waals surface area contributed by atoms with Crippen molar-refractivity contribution < 1.29 is 4.79 Å². The Kier molecular flexibility index (Phi) is 4.15. The molecule has 15 heavy (non-hydrogen) atoms. The zero-order chi connectivity index (χ0) is 11.1. The number of guanidine groups is 1. The van der Waals surface area contributed by atoms with Crippen molar-refractivity contribution in [1.29, 1.82) is 5.41 Å². The van der Waals surface area contributed by atoms with E-state index >= 15 is 0 Å². The third kappa shape index (κ3) is 4.66. The van der Waals surface area contributed by atoms with Crippen molar-refractivity contribution in [2.45, 2.75) is 6.42 Å². The summed E-state index contributed by atoms with van der Waals surface area (Å²) >= 11 is 0. The van der Waals surface area contributed by atoms with Crippen LogP contribution in [0.5, 0.6) is 0 Å². The Bertz CT molecular complexity index is 337. The van der Waals surface area contributed by atoms with Crippen molar-refractivity contribution in [3.05, 3.63) is 35.9 Å². The fourth-order valence-electron chi connectivity index (χ4n) is 1.08. The number of amides is 1. The second-order valence-corrected chi connectivity index (χ2v) is 3.03. The molecule has 80 valence electrons. The minimum absolute atomic E-state index is 0.102. The van der Waals surface area contributed by atoms with Crippen LogP contribution in [0, 0.1) is 5.41 Å². The summed E-state index contributed by atoms with van der Waals surface area (Å²) in [6.45, 7) is 0.182. The van der Waals surface area contributed by atoms with Crippen LogP contribution in [0.15, 0.2) is 30.3 Å². The predicted molar refractivity (Wildman–Crippen MR) is 58.2 cm³/mol. The molecule has 1 amide bonds. The van der Waals surface area contributed by atoms with E-state index in [4.69, 9.17) is 11.1 Å². The van der Waals surface area contributed by atoms with Gasteiger partial charge < -0.3 is 16.4 Å². The van der Waals surface area contributed by atoms with Crippen molar-refractivity contribution >= 4 is 11.9 Å². The van der Waals surface area contributed by atoms with Gasteiger partial charge >= 0.3 is 0 Å². The van der Waals surface area contributed by atoms with E-state index in [1.54, 1.807) is 0 Å². The molecule has 0 heterocycles. The van der Waals surface area contributed by atoms with Crippen LogP contribution in [0.2, 0.25) is 0 Å². The van der Waals surface area contributed by atoms with Crippen LogP contribution in [-0.4, -0.2) is 18.5 Å². The van der Waals surface area contributed by atoms with Gasteiger partial charge in [-0.1, -0.05) is 30.3 Å². The largest absolute Gasteiger partial charge is 0.370 e. The number of hydrogen-bond donors (Lipinski definition) is 4. The molecular weight excluding hydrogens is 192 g/mol. The number of carbonyl (C=O) groups excluding carboxylic acids is 1. The Morgan fingerprint density at radius 1 is 1.27 bits per heavy atom. The molecule has 5 N–H and O–H groups in total. The third-order valence-corrected chi connectivity index (χ3v) is 1.77. The summed E-state index contributed by atoms with van der Waals surface area (Å²) in [6, 6.07) is 9.45. The maximum absolute atomic E-state index is 11.3. The highest BCUT2D eigenvalue weighted by Gasteiger charge is 2.01. The molecule has 0 aliphatic carbocycles. The molecule has 0 aromatic heterocycles. The second kappa shape index (κ2) is 5.64. The molecule has 0 aliphatic heterocycles. The van der Waals surface area contributed by atoms with Gasteiger partial charge in [-0.3, -0.25) is 10.2 Å². The maximum Gasteiger partial charge on any atom is 0.225 e. The van der Waals surface area contributed by atoms with E-state index in [9.17, 15) is 4.79 Å². The van der Waals surface area contributed by atoms with E-state index in [1.807, 2.05) is 30.3 Å². The van der Waals surface area contributed by atoms with Gasteiger partial charge in [0.05, 0.1) is 13.1 Å². The highest BCUT2D eigenvalue weighted by Crippen LogP contribution is 1.98. The van der Waals surface area contributed by atoms with Gasteiger partial charge in [0, 0.05) is 0 Å². The Morgan fingerprint density at radius 2 is 1.93 bits per heavy atom. The van der Waals surface area contributed by atoms with Gasteiger partial charge in [0.2, 0.25) is 5.91 Å². The summed E-state index contributed by atoms with van der Waals surface area (Å²) in [5.74, 6) is -0.259. The summed E-state index contributed by atoms with van der Waals surface area (Å²) in [7, 11) is 0. The SMILES string of the molecule is N=C(N)NCNC(=O)Cc1ccccc1. The van der Waals surface area contributed by atoms with Crippen LogP contribution in [0.25, 0.3) is 0 Å². The maximum atomic E-state index is 11.3. The van der Waals surface area contributed by atoms with E-state index in [-0.39, 0.29) is 18.5 Å². The minimum atomic E-state index is -0.157. The molecular formula is C10H14N4O. The standard InChI is InChI=1S/C10H14N4O/c11-10(12)14-7-13-9(15)6-8-4-2-1-3-5-8/h1-5H,6-7H2,(H,13,15)(H4,11,12,14). The fourth-order valence-corrected chi connectivity index (χ4v) is 1.08. The Morgan fingerprint density at radius 3 is 2.53 bits per heavy atom. The second-order valence-electron chi connectivity index (χ2n) is 3.03. The van der Waals surface area contributed by atoms with Crippen molar-refractivity contribution in [3.8, 4) is 0 Å². The lowest BCUT2D eigenvalue weighted by Crippen LogP contribution is -2.40. The highest BCUT2D eigenvalue weighted by molar-refractivity contribution is 5.79. The smallest absolute Gasteiger partial charge is 0.225 e. The number of carbonyl (C=O) groups is 1. The molecule has 0 saturated carbocycles. The lowest BCUT2D eigenvalue weighted by Gasteiger charge is -2.06. The average Bonchev–Trinajstić information content (AvgIpc) is 2.18. The molecule has 1 rings (SSSR count). The first-order chi connectivity index (χ1) is 7.18. The first kappa shape index (κ1) is 11.0. The average molecular weight is 206 g/mol. The van der Waals surface area contributed by atoms with Crippen LogP contribution >= 0.6 is 0 Å². The van der Waals surface area contributed by atoms with Crippen LogP contribution in [0.4, 0.5) is 0 Å². The van der Waals surface area contributed by atoms with Crippen molar-refractivity contribution in [1.82, 2.24) is 10.6 Å². The van der Waals surface area contributed by atoms with Crippen LogP contribution in [0.3, 0.4) is 0 Å². The minimum Gasteiger partial charge on any atom is -0.370 e. The van der Waals surface area contributed by atoms with Gasteiger partial charge in [-0.25, -0.2) is 0 Å². The Balaban J connectivity index is 2.28.